The standard InChI is InChI=1S/C22H32N2O5S/c1-28-18-9-6-16(15-19(18)29-2)10-13-23-21(25)22-11-4-3-5-20(22)24(17-7-8-17)30(26,27)14-12-22/h6,9,15,17,20H,3-5,7-8,10-14H2,1-2H3,(H,23,25)/t20-,22-/m1/s1. The maximum atomic E-state index is 13.4. The third-order valence-corrected chi connectivity index (χ3v) is 8.84. The first-order valence-electron chi connectivity index (χ1n) is 10.9. The summed E-state index contributed by atoms with van der Waals surface area (Å²) >= 11 is 0. The molecule has 0 spiro atoms. The van der Waals surface area contributed by atoms with Crippen molar-refractivity contribution < 1.29 is 22.7 Å². The van der Waals surface area contributed by atoms with E-state index < -0.39 is 15.4 Å². The smallest absolute Gasteiger partial charge is 0.227 e. The summed E-state index contributed by atoms with van der Waals surface area (Å²) in [7, 11) is -0.0428. The lowest BCUT2D eigenvalue weighted by Crippen LogP contribution is -2.63. The van der Waals surface area contributed by atoms with Gasteiger partial charge in [-0.1, -0.05) is 18.9 Å². The zero-order valence-electron chi connectivity index (χ0n) is 17.9. The van der Waals surface area contributed by atoms with E-state index >= 15 is 0 Å². The molecule has 1 amide bonds. The van der Waals surface area contributed by atoms with Crippen LogP contribution in [0.3, 0.4) is 0 Å². The van der Waals surface area contributed by atoms with Gasteiger partial charge in [-0.05, 0) is 56.2 Å². The van der Waals surface area contributed by atoms with Gasteiger partial charge in [-0.3, -0.25) is 4.79 Å². The van der Waals surface area contributed by atoms with Crippen molar-refractivity contribution in [1.82, 2.24) is 9.62 Å². The van der Waals surface area contributed by atoms with Crippen LogP contribution in [0.5, 0.6) is 11.5 Å². The van der Waals surface area contributed by atoms with Crippen LogP contribution in [0.25, 0.3) is 0 Å². The van der Waals surface area contributed by atoms with E-state index in [9.17, 15) is 13.2 Å². The number of carbonyl (C=O) groups is 1. The number of amides is 1. The molecule has 1 heterocycles. The predicted molar refractivity (Wildman–Crippen MR) is 114 cm³/mol. The zero-order valence-corrected chi connectivity index (χ0v) is 18.7. The quantitative estimate of drug-likeness (QED) is 0.710. The van der Waals surface area contributed by atoms with Crippen molar-refractivity contribution in [2.75, 3.05) is 26.5 Å². The Labute approximate surface area is 179 Å². The number of rotatable bonds is 7. The highest BCUT2D eigenvalue weighted by Crippen LogP contribution is 2.50. The maximum Gasteiger partial charge on any atom is 0.227 e. The Morgan fingerprint density at radius 3 is 2.60 bits per heavy atom. The molecule has 0 aromatic heterocycles. The molecule has 0 unspecified atom stereocenters. The second-order valence-electron chi connectivity index (χ2n) is 8.74. The van der Waals surface area contributed by atoms with Crippen LogP contribution >= 0.6 is 0 Å². The largest absolute Gasteiger partial charge is 0.493 e. The van der Waals surface area contributed by atoms with E-state index in [2.05, 4.69) is 5.32 Å². The minimum absolute atomic E-state index is 0.0215. The van der Waals surface area contributed by atoms with Crippen LogP contribution in [0.4, 0.5) is 0 Å². The molecule has 0 radical (unpaired) electrons. The van der Waals surface area contributed by atoms with Crippen LogP contribution in [0, 0.1) is 5.41 Å². The number of nitrogens with one attached hydrogen (secondary N) is 1. The molecule has 2 saturated carbocycles. The maximum absolute atomic E-state index is 13.4. The molecule has 1 aromatic carbocycles. The number of ether oxygens (including phenoxy) is 2. The van der Waals surface area contributed by atoms with Crippen molar-refractivity contribution in [3.63, 3.8) is 0 Å². The summed E-state index contributed by atoms with van der Waals surface area (Å²) in [5.41, 5.74) is 0.473. The summed E-state index contributed by atoms with van der Waals surface area (Å²) in [6, 6.07) is 5.69. The molecule has 4 rings (SSSR count). The van der Waals surface area contributed by atoms with Crippen molar-refractivity contribution in [3.05, 3.63) is 23.8 Å². The number of sulfonamides is 1. The number of fused-ring (bicyclic) bond motifs is 1. The second kappa shape index (κ2) is 8.38. The number of carbonyl (C=O) groups excluding carboxylic acids is 1. The second-order valence-corrected chi connectivity index (χ2v) is 10.7. The van der Waals surface area contributed by atoms with Gasteiger partial charge in [-0.25, -0.2) is 8.42 Å². The number of hydrogen-bond acceptors (Lipinski definition) is 5. The minimum atomic E-state index is -3.25. The molecule has 3 fully saturated rings. The Morgan fingerprint density at radius 1 is 1.13 bits per heavy atom. The predicted octanol–water partition coefficient (Wildman–Crippen LogP) is 2.49. The van der Waals surface area contributed by atoms with Gasteiger partial charge in [0.25, 0.3) is 0 Å². The zero-order chi connectivity index (χ0) is 21.4. The van der Waals surface area contributed by atoms with E-state index in [-0.39, 0.29) is 23.7 Å². The van der Waals surface area contributed by atoms with Crippen LogP contribution in [0.1, 0.15) is 50.5 Å². The first-order chi connectivity index (χ1) is 14.4. The molecular weight excluding hydrogens is 404 g/mol. The monoisotopic (exact) mass is 436 g/mol. The van der Waals surface area contributed by atoms with E-state index in [1.54, 1.807) is 18.5 Å². The average molecular weight is 437 g/mol. The Kier molecular flexibility index (Phi) is 5.99. The average Bonchev–Trinajstić information content (AvgIpc) is 3.57. The SMILES string of the molecule is COc1ccc(CCNC(=O)[C@@]23CCCC[C@H]2N(C2CC2)S(=O)(=O)CC3)cc1OC. The lowest BCUT2D eigenvalue weighted by molar-refractivity contribution is -0.137. The highest BCUT2D eigenvalue weighted by Gasteiger charge is 2.58. The first-order valence-corrected chi connectivity index (χ1v) is 12.5. The van der Waals surface area contributed by atoms with Gasteiger partial charge in [0.05, 0.1) is 25.4 Å². The fourth-order valence-corrected chi connectivity index (χ4v) is 7.41. The minimum Gasteiger partial charge on any atom is -0.493 e. The highest BCUT2D eigenvalue weighted by atomic mass is 32.2. The van der Waals surface area contributed by atoms with E-state index in [0.717, 1.165) is 44.1 Å². The number of benzene rings is 1. The van der Waals surface area contributed by atoms with Crippen LogP contribution in [0.2, 0.25) is 0 Å². The Bertz CT molecular complexity index is 899. The van der Waals surface area contributed by atoms with Gasteiger partial charge in [-0.2, -0.15) is 4.31 Å². The van der Waals surface area contributed by atoms with E-state index in [1.165, 1.54) is 0 Å². The van der Waals surface area contributed by atoms with Gasteiger partial charge in [-0.15, -0.1) is 0 Å². The molecule has 0 bridgehead atoms. The topological polar surface area (TPSA) is 84.9 Å². The van der Waals surface area contributed by atoms with E-state index in [4.69, 9.17) is 9.47 Å². The van der Waals surface area contributed by atoms with Crippen LogP contribution in [-0.4, -0.2) is 57.2 Å². The van der Waals surface area contributed by atoms with Gasteiger partial charge in [0.15, 0.2) is 11.5 Å². The molecule has 7 nitrogen and oxygen atoms in total. The molecular formula is C22H32N2O5S. The molecule has 2 aliphatic carbocycles. The molecule has 1 N–H and O–H groups in total. The molecule has 8 heteroatoms. The fourth-order valence-electron chi connectivity index (χ4n) is 5.22. The molecule has 2 atom stereocenters. The summed E-state index contributed by atoms with van der Waals surface area (Å²) in [6.45, 7) is 0.513. The molecule has 1 aliphatic heterocycles. The summed E-state index contributed by atoms with van der Waals surface area (Å²) in [6.07, 6.45) is 6.50. The third-order valence-electron chi connectivity index (χ3n) is 6.93. The molecule has 30 heavy (non-hydrogen) atoms. The number of methoxy groups -OCH3 is 2. The van der Waals surface area contributed by atoms with Gasteiger partial charge < -0.3 is 14.8 Å². The van der Waals surface area contributed by atoms with Crippen LogP contribution in [0.15, 0.2) is 18.2 Å². The van der Waals surface area contributed by atoms with Crippen molar-refractivity contribution in [2.45, 2.75) is 63.5 Å². The van der Waals surface area contributed by atoms with Gasteiger partial charge in [0.2, 0.25) is 15.9 Å². The van der Waals surface area contributed by atoms with E-state index in [1.807, 2.05) is 18.2 Å². The molecule has 3 aliphatic rings. The summed E-state index contributed by atoms with van der Waals surface area (Å²) < 4.78 is 37.9. The fraction of sp³-hybridized carbons (Fsp3) is 0.682. The summed E-state index contributed by atoms with van der Waals surface area (Å²) in [5.74, 6) is 1.46. The number of nitrogens with zero attached hydrogens (tertiary/aromatic N) is 1. The highest BCUT2D eigenvalue weighted by molar-refractivity contribution is 7.89. The first kappa shape index (κ1) is 21.4. The third kappa shape index (κ3) is 3.91. The van der Waals surface area contributed by atoms with Crippen LogP contribution in [-0.2, 0) is 21.2 Å². The van der Waals surface area contributed by atoms with Crippen molar-refractivity contribution in [3.8, 4) is 11.5 Å². The summed E-state index contributed by atoms with van der Waals surface area (Å²) in [4.78, 5) is 13.4. The van der Waals surface area contributed by atoms with Crippen molar-refractivity contribution in [1.29, 1.82) is 0 Å². The van der Waals surface area contributed by atoms with Crippen molar-refractivity contribution >= 4 is 15.9 Å². The number of hydrogen-bond donors (Lipinski definition) is 1. The van der Waals surface area contributed by atoms with E-state index in [0.29, 0.717) is 30.9 Å². The molecule has 1 aromatic rings. The van der Waals surface area contributed by atoms with Gasteiger partial charge in [0, 0.05) is 18.6 Å². The Hall–Kier alpha value is -1.80. The lowest BCUT2D eigenvalue weighted by Gasteiger charge is -2.51. The summed E-state index contributed by atoms with van der Waals surface area (Å²) in [5, 5.41) is 3.13. The molecule has 166 valence electrons. The van der Waals surface area contributed by atoms with Gasteiger partial charge in [0.1, 0.15) is 0 Å². The van der Waals surface area contributed by atoms with Crippen molar-refractivity contribution in [2.24, 2.45) is 5.41 Å². The van der Waals surface area contributed by atoms with Gasteiger partial charge >= 0.3 is 0 Å². The Balaban J connectivity index is 1.45. The van der Waals surface area contributed by atoms with Crippen LogP contribution < -0.4 is 14.8 Å². The normalized spacial score (nSPS) is 28.4. The molecule has 1 saturated heterocycles. The Morgan fingerprint density at radius 2 is 1.90 bits per heavy atom. The lowest BCUT2D eigenvalue weighted by atomic mass is 9.67.